The Morgan fingerprint density at radius 2 is 1.72 bits per heavy atom. The Labute approximate surface area is 143 Å². The fourth-order valence-electron chi connectivity index (χ4n) is 2.38. The molecule has 0 radical (unpaired) electrons. The SMILES string of the molecule is NC(=O)CN(c1ccc(F)cc1)S(=O)(=O)c1ccc2c(c1)OCCO2. The number of halogens is 1. The van der Waals surface area contributed by atoms with Gasteiger partial charge in [0, 0.05) is 6.07 Å². The Morgan fingerprint density at radius 3 is 2.36 bits per heavy atom. The van der Waals surface area contributed by atoms with Crippen molar-refractivity contribution in [2.24, 2.45) is 5.73 Å². The standard InChI is InChI=1S/C16H15FN2O5S/c17-11-1-3-12(4-2-11)19(10-16(18)20)25(21,22)13-5-6-14-15(9-13)24-8-7-23-14/h1-6,9H,7-8,10H2,(H2,18,20). The van der Waals surface area contributed by atoms with Gasteiger partial charge in [0.15, 0.2) is 11.5 Å². The first-order valence-corrected chi connectivity index (χ1v) is 8.78. The van der Waals surface area contributed by atoms with Crippen LogP contribution in [0, 0.1) is 5.82 Å². The second-order valence-electron chi connectivity index (χ2n) is 5.26. The number of nitrogens with two attached hydrogens (primary N) is 1. The van der Waals surface area contributed by atoms with E-state index >= 15 is 0 Å². The van der Waals surface area contributed by atoms with Crippen molar-refractivity contribution in [1.82, 2.24) is 0 Å². The maximum Gasteiger partial charge on any atom is 0.264 e. The molecule has 7 nitrogen and oxygen atoms in total. The molecule has 1 aliphatic rings. The van der Waals surface area contributed by atoms with Gasteiger partial charge in [0.1, 0.15) is 25.6 Å². The number of benzene rings is 2. The van der Waals surface area contributed by atoms with Gasteiger partial charge in [-0.2, -0.15) is 0 Å². The molecule has 0 spiro atoms. The zero-order valence-electron chi connectivity index (χ0n) is 13.0. The van der Waals surface area contributed by atoms with Crippen LogP contribution in [0.1, 0.15) is 0 Å². The molecule has 0 saturated carbocycles. The predicted molar refractivity (Wildman–Crippen MR) is 87.6 cm³/mol. The third-order valence-electron chi connectivity index (χ3n) is 3.52. The smallest absolute Gasteiger partial charge is 0.264 e. The summed E-state index contributed by atoms with van der Waals surface area (Å²) >= 11 is 0. The lowest BCUT2D eigenvalue weighted by molar-refractivity contribution is -0.116. The van der Waals surface area contributed by atoms with Crippen LogP contribution in [0.5, 0.6) is 11.5 Å². The van der Waals surface area contributed by atoms with E-state index in [4.69, 9.17) is 15.2 Å². The number of nitrogens with zero attached hydrogens (tertiary/aromatic N) is 1. The van der Waals surface area contributed by atoms with E-state index in [2.05, 4.69) is 0 Å². The van der Waals surface area contributed by atoms with Crippen molar-refractivity contribution in [2.45, 2.75) is 4.90 Å². The number of primary amides is 1. The highest BCUT2D eigenvalue weighted by molar-refractivity contribution is 7.92. The average molecular weight is 366 g/mol. The van der Waals surface area contributed by atoms with Crippen LogP contribution in [-0.4, -0.2) is 34.1 Å². The Hall–Kier alpha value is -2.81. The van der Waals surface area contributed by atoms with E-state index in [1.165, 1.54) is 30.3 Å². The summed E-state index contributed by atoms with van der Waals surface area (Å²) in [5, 5.41) is 0. The van der Waals surface area contributed by atoms with Crippen molar-refractivity contribution in [2.75, 3.05) is 24.1 Å². The summed E-state index contributed by atoms with van der Waals surface area (Å²) in [6, 6.07) is 8.86. The largest absolute Gasteiger partial charge is 0.486 e. The summed E-state index contributed by atoms with van der Waals surface area (Å²) in [5.41, 5.74) is 5.30. The van der Waals surface area contributed by atoms with Crippen molar-refractivity contribution in [3.05, 3.63) is 48.3 Å². The molecule has 0 unspecified atom stereocenters. The third-order valence-corrected chi connectivity index (χ3v) is 5.29. The van der Waals surface area contributed by atoms with Crippen LogP contribution in [0.2, 0.25) is 0 Å². The molecule has 2 N–H and O–H groups in total. The second kappa shape index (κ2) is 6.60. The molecule has 25 heavy (non-hydrogen) atoms. The zero-order chi connectivity index (χ0) is 18.0. The number of rotatable bonds is 5. The Balaban J connectivity index is 2.04. The molecule has 0 aromatic heterocycles. The summed E-state index contributed by atoms with van der Waals surface area (Å²) in [4.78, 5) is 11.3. The topological polar surface area (TPSA) is 98.9 Å². The molecule has 9 heteroatoms. The van der Waals surface area contributed by atoms with E-state index in [1.807, 2.05) is 0 Å². The fourth-order valence-corrected chi connectivity index (χ4v) is 3.82. The lowest BCUT2D eigenvalue weighted by atomic mass is 10.3. The minimum absolute atomic E-state index is 0.0951. The number of hydrogen-bond acceptors (Lipinski definition) is 5. The van der Waals surface area contributed by atoms with E-state index in [1.54, 1.807) is 0 Å². The molecule has 2 aromatic rings. The molecular weight excluding hydrogens is 351 g/mol. The molecule has 0 atom stereocenters. The molecule has 1 heterocycles. The first-order valence-electron chi connectivity index (χ1n) is 7.34. The number of ether oxygens (including phenoxy) is 2. The predicted octanol–water partition coefficient (Wildman–Crippen LogP) is 1.28. The minimum atomic E-state index is -4.12. The number of hydrogen-bond donors (Lipinski definition) is 1. The number of sulfonamides is 1. The Bertz CT molecular complexity index is 899. The van der Waals surface area contributed by atoms with Gasteiger partial charge < -0.3 is 15.2 Å². The average Bonchev–Trinajstić information content (AvgIpc) is 2.60. The third kappa shape index (κ3) is 3.50. The van der Waals surface area contributed by atoms with Crippen LogP contribution >= 0.6 is 0 Å². The van der Waals surface area contributed by atoms with Crippen LogP contribution < -0.4 is 19.5 Å². The van der Waals surface area contributed by atoms with E-state index < -0.39 is 28.3 Å². The van der Waals surface area contributed by atoms with E-state index in [0.29, 0.717) is 24.7 Å². The molecule has 1 aliphatic heterocycles. The number of amides is 1. The van der Waals surface area contributed by atoms with Gasteiger partial charge >= 0.3 is 0 Å². The number of carbonyl (C=O) groups is 1. The van der Waals surface area contributed by atoms with E-state index in [0.717, 1.165) is 16.4 Å². The van der Waals surface area contributed by atoms with Gasteiger partial charge in [-0.15, -0.1) is 0 Å². The first-order chi connectivity index (χ1) is 11.9. The van der Waals surface area contributed by atoms with Gasteiger partial charge in [-0.25, -0.2) is 12.8 Å². The Kier molecular flexibility index (Phi) is 4.49. The summed E-state index contributed by atoms with van der Waals surface area (Å²) in [6.45, 7) is 0.102. The van der Waals surface area contributed by atoms with Crippen LogP contribution in [0.4, 0.5) is 10.1 Å². The normalized spacial score (nSPS) is 13.3. The molecule has 132 valence electrons. The van der Waals surface area contributed by atoms with Gasteiger partial charge in [0.25, 0.3) is 10.0 Å². The lowest BCUT2D eigenvalue weighted by Crippen LogP contribution is -2.38. The molecule has 0 fully saturated rings. The summed E-state index contributed by atoms with van der Waals surface area (Å²) in [5.74, 6) is -0.635. The highest BCUT2D eigenvalue weighted by Gasteiger charge is 2.28. The van der Waals surface area contributed by atoms with Gasteiger partial charge in [-0.05, 0) is 36.4 Å². The first kappa shape index (κ1) is 17.0. The minimum Gasteiger partial charge on any atom is -0.486 e. The fraction of sp³-hybridized carbons (Fsp3) is 0.188. The molecule has 0 saturated heterocycles. The zero-order valence-corrected chi connectivity index (χ0v) is 13.8. The van der Waals surface area contributed by atoms with E-state index in [-0.39, 0.29) is 10.6 Å². The molecule has 0 bridgehead atoms. The second-order valence-corrected chi connectivity index (χ2v) is 7.12. The van der Waals surface area contributed by atoms with Gasteiger partial charge in [0.2, 0.25) is 5.91 Å². The molecular formula is C16H15FN2O5S. The van der Waals surface area contributed by atoms with Crippen LogP contribution in [0.15, 0.2) is 47.4 Å². The number of fused-ring (bicyclic) bond motifs is 1. The number of carbonyl (C=O) groups excluding carboxylic acids is 1. The van der Waals surface area contributed by atoms with Crippen LogP contribution in [0.25, 0.3) is 0 Å². The van der Waals surface area contributed by atoms with Crippen molar-refractivity contribution in [3.63, 3.8) is 0 Å². The van der Waals surface area contributed by atoms with Crippen molar-refractivity contribution >= 4 is 21.6 Å². The number of anilines is 1. The molecule has 1 amide bonds. The van der Waals surface area contributed by atoms with Crippen molar-refractivity contribution in [1.29, 1.82) is 0 Å². The van der Waals surface area contributed by atoms with Gasteiger partial charge in [0.05, 0.1) is 10.6 Å². The van der Waals surface area contributed by atoms with Gasteiger partial charge in [-0.1, -0.05) is 0 Å². The van der Waals surface area contributed by atoms with Crippen molar-refractivity contribution in [3.8, 4) is 11.5 Å². The van der Waals surface area contributed by atoms with E-state index in [9.17, 15) is 17.6 Å². The summed E-state index contributed by atoms with van der Waals surface area (Å²) < 4.78 is 50.6. The quantitative estimate of drug-likeness (QED) is 0.859. The highest BCUT2D eigenvalue weighted by Crippen LogP contribution is 2.34. The van der Waals surface area contributed by atoms with Crippen molar-refractivity contribution < 1.29 is 27.1 Å². The van der Waals surface area contributed by atoms with Crippen LogP contribution in [-0.2, 0) is 14.8 Å². The summed E-state index contributed by atoms with van der Waals surface area (Å²) in [6.07, 6.45) is 0. The summed E-state index contributed by atoms with van der Waals surface area (Å²) in [7, 11) is -4.12. The Morgan fingerprint density at radius 1 is 1.08 bits per heavy atom. The maximum atomic E-state index is 13.1. The molecule has 3 rings (SSSR count). The monoisotopic (exact) mass is 366 g/mol. The molecule has 2 aromatic carbocycles. The maximum absolute atomic E-state index is 13.1. The lowest BCUT2D eigenvalue weighted by Gasteiger charge is -2.24. The van der Waals surface area contributed by atoms with Crippen LogP contribution in [0.3, 0.4) is 0 Å². The molecule has 0 aliphatic carbocycles. The highest BCUT2D eigenvalue weighted by atomic mass is 32.2. The van der Waals surface area contributed by atoms with Gasteiger partial charge in [-0.3, -0.25) is 9.10 Å².